The first-order valence-electron chi connectivity index (χ1n) is 17.7. The maximum absolute atomic E-state index is 5.41. The summed E-state index contributed by atoms with van der Waals surface area (Å²) in [7, 11) is 0. The molecule has 8 aromatic carbocycles. The van der Waals surface area contributed by atoms with Gasteiger partial charge in [-0.05, 0) is 69.4 Å². The van der Waals surface area contributed by atoms with E-state index in [1.165, 1.54) is 71.3 Å². The standard InChI is InChI=1S/C48H33N3/c1-48(2)40-21-11-13-23-43(40)51-42-22-12-10-18-36(42)39-28-32(29-41(48)45(39)51)30-24-26-33(27-25-30)50-46-38-20-9-7-17-35(38)34-16-6-8-19-37(34)44(46)49-47(50)31-14-4-3-5-15-31/h3-29H,1-2H3. The van der Waals surface area contributed by atoms with Crippen molar-refractivity contribution in [1.82, 2.24) is 14.1 Å². The topological polar surface area (TPSA) is 22.8 Å². The summed E-state index contributed by atoms with van der Waals surface area (Å²) >= 11 is 0. The summed E-state index contributed by atoms with van der Waals surface area (Å²) in [5.41, 5.74) is 13.2. The van der Waals surface area contributed by atoms with Crippen molar-refractivity contribution in [3.05, 3.63) is 175 Å². The molecule has 0 spiro atoms. The summed E-state index contributed by atoms with van der Waals surface area (Å²) in [4.78, 5) is 5.41. The molecular formula is C48H33N3. The predicted octanol–water partition coefficient (Wildman–Crippen LogP) is 12.4. The molecule has 0 radical (unpaired) electrons. The summed E-state index contributed by atoms with van der Waals surface area (Å²) in [6.45, 7) is 4.75. The number of imidazole rings is 1. The summed E-state index contributed by atoms with van der Waals surface area (Å²) in [5.74, 6) is 0.943. The Kier molecular flexibility index (Phi) is 5.73. The van der Waals surface area contributed by atoms with Crippen LogP contribution in [0.4, 0.5) is 0 Å². The van der Waals surface area contributed by atoms with Crippen molar-refractivity contribution in [2.45, 2.75) is 19.3 Å². The van der Waals surface area contributed by atoms with E-state index in [-0.39, 0.29) is 5.41 Å². The van der Waals surface area contributed by atoms with Crippen LogP contribution in [0.1, 0.15) is 25.0 Å². The van der Waals surface area contributed by atoms with E-state index in [1.807, 2.05) is 0 Å². The second-order valence-corrected chi connectivity index (χ2v) is 14.4. The van der Waals surface area contributed by atoms with Crippen molar-refractivity contribution in [3.8, 4) is 33.9 Å². The molecule has 0 saturated carbocycles. The zero-order valence-corrected chi connectivity index (χ0v) is 28.4. The Hall–Kier alpha value is -6.45. The van der Waals surface area contributed by atoms with Crippen LogP contribution < -0.4 is 0 Å². The molecular weight excluding hydrogens is 619 g/mol. The van der Waals surface area contributed by atoms with Gasteiger partial charge in [-0.25, -0.2) is 4.98 Å². The van der Waals surface area contributed by atoms with Gasteiger partial charge in [0.25, 0.3) is 0 Å². The van der Waals surface area contributed by atoms with E-state index in [9.17, 15) is 0 Å². The smallest absolute Gasteiger partial charge is 0.145 e. The second kappa shape index (κ2) is 10.3. The van der Waals surface area contributed by atoms with E-state index in [4.69, 9.17) is 4.98 Å². The highest BCUT2D eigenvalue weighted by atomic mass is 15.1. The largest absolute Gasteiger partial charge is 0.309 e. The average molecular weight is 652 g/mol. The molecule has 3 nitrogen and oxygen atoms in total. The minimum absolute atomic E-state index is 0.153. The summed E-state index contributed by atoms with van der Waals surface area (Å²) in [6, 6.07) is 59.7. The molecule has 0 unspecified atom stereocenters. The maximum Gasteiger partial charge on any atom is 0.145 e. The lowest BCUT2D eigenvalue weighted by Crippen LogP contribution is -2.26. The van der Waals surface area contributed by atoms with Gasteiger partial charge in [0, 0.05) is 38.2 Å². The van der Waals surface area contributed by atoms with Crippen molar-refractivity contribution in [1.29, 1.82) is 0 Å². The van der Waals surface area contributed by atoms with Crippen LogP contribution in [0.15, 0.2) is 164 Å². The highest BCUT2D eigenvalue weighted by Gasteiger charge is 2.35. The Bertz CT molecular complexity index is 3030. The molecule has 3 heterocycles. The van der Waals surface area contributed by atoms with Gasteiger partial charge in [-0.1, -0.05) is 141 Å². The molecule has 0 saturated heterocycles. The van der Waals surface area contributed by atoms with Gasteiger partial charge in [-0.15, -0.1) is 0 Å². The van der Waals surface area contributed by atoms with Gasteiger partial charge in [0.2, 0.25) is 0 Å². The number of rotatable bonds is 3. The molecule has 1 aliphatic rings. The van der Waals surface area contributed by atoms with Crippen LogP contribution in [-0.4, -0.2) is 14.1 Å². The van der Waals surface area contributed by atoms with Crippen molar-refractivity contribution in [2.24, 2.45) is 0 Å². The Morgan fingerprint density at radius 1 is 0.431 bits per heavy atom. The zero-order valence-electron chi connectivity index (χ0n) is 28.4. The fourth-order valence-electron chi connectivity index (χ4n) is 8.87. The summed E-state index contributed by atoms with van der Waals surface area (Å²) < 4.78 is 4.85. The van der Waals surface area contributed by atoms with Gasteiger partial charge in [-0.3, -0.25) is 4.57 Å². The van der Waals surface area contributed by atoms with Gasteiger partial charge in [0.1, 0.15) is 5.82 Å². The van der Waals surface area contributed by atoms with Gasteiger partial charge < -0.3 is 4.57 Å². The summed E-state index contributed by atoms with van der Waals surface area (Å²) in [5, 5.41) is 7.43. The van der Waals surface area contributed by atoms with Crippen LogP contribution in [0.5, 0.6) is 0 Å². The Labute approximate surface area is 295 Å². The molecule has 51 heavy (non-hydrogen) atoms. The third-order valence-corrected chi connectivity index (χ3v) is 11.3. The first-order chi connectivity index (χ1) is 25.1. The van der Waals surface area contributed by atoms with Crippen LogP contribution >= 0.6 is 0 Å². The number of fused-ring (bicyclic) bond motifs is 11. The molecule has 1 aliphatic heterocycles. The molecule has 11 rings (SSSR count). The van der Waals surface area contributed by atoms with Crippen molar-refractivity contribution < 1.29 is 0 Å². The number of aromatic nitrogens is 3. The van der Waals surface area contributed by atoms with Crippen molar-refractivity contribution in [3.63, 3.8) is 0 Å². The van der Waals surface area contributed by atoms with Crippen LogP contribution in [0.2, 0.25) is 0 Å². The van der Waals surface area contributed by atoms with Gasteiger partial charge in [0.05, 0.1) is 27.8 Å². The van der Waals surface area contributed by atoms with Gasteiger partial charge in [0.15, 0.2) is 0 Å². The number of hydrogen-bond acceptors (Lipinski definition) is 1. The Morgan fingerprint density at radius 3 is 1.84 bits per heavy atom. The second-order valence-electron chi connectivity index (χ2n) is 14.4. The molecule has 0 N–H and O–H groups in total. The molecule has 0 aliphatic carbocycles. The fourth-order valence-corrected chi connectivity index (χ4v) is 8.87. The van der Waals surface area contributed by atoms with Crippen molar-refractivity contribution in [2.75, 3.05) is 0 Å². The van der Waals surface area contributed by atoms with E-state index in [0.29, 0.717) is 0 Å². The molecule has 2 aromatic heterocycles. The molecule has 3 heteroatoms. The third kappa shape index (κ3) is 3.86. The third-order valence-electron chi connectivity index (χ3n) is 11.3. The van der Waals surface area contributed by atoms with E-state index >= 15 is 0 Å². The maximum atomic E-state index is 5.41. The van der Waals surface area contributed by atoms with Crippen LogP contribution in [0.25, 0.3) is 88.3 Å². The molecule has 0 bridgehead atoms. The first kappa shape index (κ1) is 28.4. The predicted molar refractivity (Wildman–Crippen MR) is 213 cm³/mol. The monoisotopic (exact) mass is 651 g/mol. The fraction of sp³-hybridized carbons (Fsp3) is 0.0625. The number of nitrogens with zero attached hydrogens (tertiary/aromatic N) is 3. The van der Waals surface area contributed by atoms with E-state index in [1.54, 1.807) is 0 Å². The summed E-state index contributed by atoms with van der Waals surface area (Å²) in [6.07, 6.45) is 0. The minimum atomic E-state index is -0.153. The van der Waals surface area contributed by atoms with E-state index in [0.717, 1.165) is 28.1 Å². The highest BCUT2D eigenvalue weighted by molar-refractivity contribution is 6.24. The van der Waals surface area contributed by atoms with Gasteiger partial charge >= 0.3 is 0 Å². The zero-order chi connectivity index (χ0) is 33.8. The highest BCUT2D eigenvalue weighted by Crippen LogP contribution is 2.49. The Morgan fingerprint density at radius 2 is 1.06 bits per heavy atom. The minimum Gasteiger partial charge on any atom is -0.309 e. The molecule has 0 amide bonds. The van der Waals surface area contributed by atoms with Crippen LogP contribution in [0, 0.1) is 0 Å². The lowest BCUT2D eigenvalue weighted by Gasteiger charge is -2.35. The molecule has 10 aromatic rings. The first-order valence-corrected chi connectivity index (χ1v) is 17.7. The van der Waals surface area contributed by atoms with Gasteiger partial charge in [-0.2, -0.15) is 0 Å². The quantitative estimate of drug-likeness (QED) is 0.174. The van der Waals surface area contributed by atoms with E-state index in [2.05, 4.69) is 187 Å². The number of para-hydroxylation sites is 2. The average Bonchev–Trinajstić information content (AvgIpc) is 3.75. The Balaban J connectivity index is 1.16. The SMILES string of the molecule is CC1(C)c2ccccc2-n2c3ccccc3c3cc(-c4ccc(-n5c(-c6ccccc6)nc6c7ccccc7c7ccccc7c65)cc4)cc1c32. The van der Waals surface area contributed by atoms with Crippen LogP contribution in [0.3, 0.4) is 0 Å². The molecule has 0 fully saturated rings. The molecule has 240 valence electrons. The van der Waals surface area contributed by atoms with Crippen LogP contribution in [-0.2, 0) is 5.41 Å². The van der Waals surface area contributed by atoms with Crippen molar-refractivity contribution >= 4 is 54.4 Å². The number of hydrogen-bond donors (Lipinski definition) is 0. The van der Waals surface area contributed by atoms with E-state index < -0.39 is 0 Å². The normalized spacial score (nSPS) is 13.5. The molecule has 0 atom stereocenters. The lowest BCUT2D eigenvalue weighted by molar-refractivity contribution is 0.630. The lowest BCUT2D eigenvalue weighted by atomic mass is 9.74. The number of benzene rings is 8.